The van der Waals surface area contributed by atoms with Crippen molar-refractivity contribution in [2.45, 2.75) is 44.1 Å². The molecule has 0 N–H and O–H groups in total. The van der Waals surface area contributed by atoms with Crippen molar-refractivity contribution in [3.8, 4) is 0 Å². The van der Waals surface area contributed by atoms with E-state index >= 15 is 0 Å². The molecule has 1 unspecified atom stereocenters. The average Bonchev–Trinajstić information content (AvgIpc) is 1.96. The summed E-state index contributed by atoms with van der Waals surface area (Å²) < 4.78 is 40.4. The Hall–Kier alpha value is -0.390. The number of unbranched alkanes of at least 4 members (excludes halogenated alkanes) is 1. The Kier molecular flexibility index (Phi) is 5.99. The van der Waals surface area contributed by atoms with Crippen LogP contribution in [0, 0.1) is 0 Å². The van der Waals surface area contributed by atoms with Gasteiger partial charge in [0.05, 0.1) is 0 Å². The van der Waals surface area contributed by atoms with Gasteiger partial charge < -0.3 is 4.74 Å². The lowest BCUT2D eigenvalue weighted by Crippen LogP contribution is -2.17. The van der Waals surface area contributed by atoms with Gasteiger partial charge >= 0.3 is 11.5 Å². The van der Waals surface area contributed by atoms with Crippen molar-refractivity contribution < 1.29 is 22.7 Å². The van der Waals surface area contributed by atoms with E-state index in [1.54, 1.807) is 0 Å². The summed E-state index contributed by atoms with van der Waals surface area (Å²) in [5.41, 5.74) is -5.46. The molecule has 0 aromatic heterocycles. The first-order valence-electron chi connectivity index (χ1n) is 4.27. The van der Waals surface area contributed by atoms with Crippen molar-refractivity contribution in [1.82, 2.24) is 0 Å². The fourth-order valence-electron chi connectivity index (χ4n) is 0.847. The summed E-state index contributed by atoms with van der Waals surface area (Å²) in [6.07, 6.45) is 1.62. The number of thioether (sulfide) groups is 1. The van der Waals surface area contributed by atoms with Gasteiger partial charge in [0.1, 0.15) is 0 Å². The quantitative estimate of drug-likeness (QED) is 0.535. The third-order valence-corrected chi connectivity index (χ3v) is 2.22. The number of carbonyl (C=O) groups is 1. The molecular weight excluding hydrogens is 217 g/mol. The third-order valence-electron chi connectivity index (χ3n) is 1.36. The molecule has 0 aromatic carbocycles. The molecule has 14 heavy (non-hydrogen) atoms. The van der Waals surface area contributed by atoms with Gasteiger partial charge in [-0.2, -0.15) is 13.2 Å². The highest BCUT2D eigenvalue weighted by molar-refractivity contribution is 8.00. The van der Waals surface area contributed by atoms with Gasteiger partial charge in [-0.3, -0.25) is 4.79 Å². The normalized spacial score (nSPS) is 13.8. The van der Waals surface area contributed by atoms with Crippen LogP contribution in [0.2, 0.25) is 0 Å². The molecule has 0 heterocycles. The summed E-state index contributed by atoms with van der Waals surface area (Å²) in [7, 11) is 0. The molecular formula is C8H13F3O2S. The number of rotatable bonds is 5. The summed E-state index contributed by atoms with van der Waals surface area (Å²) >= 11 is -0.273. The molecule has 0 saturated carbocycles. The minimum Gasteiger partial charge on any atom is -0.451 e. The van der Waals surface area contributed by atoms with Crippen molar-refractivity contribution in [3.05, 3.63) is 0 Å². The highest BCUT2D eigenvalue weighted by atomic mass is 32.2. The number of halogens is 3. The van der Waals surface area contributed by atoms with Gasteiger partial charge in [0.25, 0.3) is 0 Å². The summed E-state index contributed by atoms with van der Waals surface area (Å²) in [6, 6.07) is 0. The van der Waals surface area contributed by atoms with E-state index in [4.69, 9.17) is 0 Å². The van der Waals surface area contributed by atoms with Crippen LogP contribution in [-0.4, -0.2) is 16.9 Å². The maximum absolute atomic E-state index is 12.0. The van der Waals surface area contributed by atoms with Gasteiger partial charge in [0.2, 0.25) is 0 Å². The summed E-state index contributed by atoms with van der Waals surface area (Å²) in [6.45, 7) is 2.97. The molecule has 0 aromatic rings. The molecule has 0 radical (unpaired) electrons. The Morgan fingerprint density at radius 2 is 2.07 bits per heavy atom. The van der Waals surface area contributed by atoms with E-state index in [2.05, 4.69) is 4.74 Å². The SMILES string of the molecule is CCCCC(OC(C)=O)SC(F)(F)F. The van der Waals surface area contributed by atoms with E-state index in [1.165, 1.54) is 0 Å². The van der Waals surface area contributed by atoms with Crippen LogP contribution in [0.25, 0.3) is 0 Å². The fraction of sp³-hybridized carbons (Fsp3) is 0.875. The van der Waals surface area contributed by atoms with Crippen molar-refractivity contribution in [1.29, 1.82) is 0 Å². The molecule has 0 saturated heterocycles. The van der Waals surface area contributed by atoms with Crippen molar-refractivity contribution in [3.63, 3.8) is 0 Å². The van der Waals surface area contributed by atoms with Crippen LogP contribution in [0.4, 0.5) is 13.2 Å². The van der Waals surface area contributed by atoms with Crippen LogP contribution in [0.3, 0.4) is 0 Å². The van der Waals surface area contributed by atoms with Crippen LogP contribution in [-0.2, 0) is 9.53 Å². The molecule has 0 spiro atoms. The van der Waals surface area contributed by atoms with Crippen LogP contribution in [0.15, 0.2) is 0 Å². The van der Waals surface area contributed by atoms with Crippen LogP contribution < -0.4 is 0 Å². The van der Waals surface area contributed by atoms with Crippen LogP contribution in [0.5, 0.6) is 0 Å². The summed E-state index contributed by atoms with van der Waals surface area (Å²) in [4.78, 5) is 10.5. The molecule has 0 aliphatic rings. The zero-order valence-electron chi connectivity index (χ0n) is 8.06. The zero-order valence-corrected chi connectivity index (χ0v) is 8.87. The number of esters is 1. The number of hydrogen-bond donors (Lipinski definition) is 0. The Balaban J connectivity index is 4.03. The molecule has 0 bridgehead atoms. The van der Waals surface area contributed by atoms with E-state index < -0.39 is 16.9 Å². The van der Waals surface area contributed by atoms with Crippen molar-refractivity contribution in [2.75, 3.05) is 0 Å². The number of hydrogen-bond acceptors (Lipinski definition) is 3. The zero-order chi connectivity index (χ0) is 11.2. The topological polar surface area (TPSA) is 26.3 Å². The van der Waals surface area contributed by atoms with Gasteiger partial charge in [-0.15, -0.1) is 0 Å². The van der Waals surface area contributed by atoms with E-state index in [9.17, 15) is 18.0 Å². The van der Waals surface area contributed by atoms with Crippen LogP contribution >= 0.6 is 11.8 Å². The number of carbonyl (C=O) groups excluding carboxylic acids is 1. The van der Waals surface area contributed by atoms with Gasteiger partial charge in [-0.1, -0.05) is 13.3 Å². The number of alkyl halides is 3. The minimum atomic E-state index is -4.35. The molecule has 6 heteroatoms. The summed E-state index contributed by atoms with van der Waals surface area (Å²) in [5, 5.41) is 0. The first kappa shape index (κ1) is 13.6. The van der Waals surface area contributed by atoms with E-state index in [0.717, 1.165) is 13.3 Å². The smallest absolute Gasteiger partial charge is 0.445 e. The van der Waals surface area contributed by atoms with Gasteiger partial charge in [-0.05, 0) is 24.6 Å². The van der Waals surface area contributed by atoms with E-state index in [-0.39, 0.29) is 18.2 Å². The Labute approximate surface area is 85.2 Å². The second kappa shape index (κ2) is 6.16. The molecule has 1 atom stereocenters. The predicted molar refractivity (Wildman–Crippen MR) is 48.7 cm³/mol. The maximum atomic E-state index is 12.0. The standard InChI is InChI=1S/C8H13F3O2S/c1-3-4-5-7(13-6(2)12)14-8(9,10)11/h7H,3-5H2,1-2H3. The Morgan fingerprint density at radius 1 is 1.50 bits per heavy atom. The van der Waals surface area contributed by atoms with Gasteiger partial charge in [-0.25, -0.2) is 0 Å². The lowest BCUT2D eigenvalue weighted by molar-refractivity contribution is -0.142. The van der Waals surface area contributed by atoms with Crippen LogP contribution in [0.1, 0.15) is 33.1 Å². The average molecular weight is 230 g/mol. The van der Waals surface area contributed by atoms with E-state index in [1.807, 2.05) is 6.92 Å². The lowest BCUT2D eigenvalue weighted by Gasteiger charge is -2.17. The highest BCUT2D eigenvalue weighted by Gasteiger charge is 2.34. The second-order valence-corrected chi connectivity index (χ2v) is 3.97. The maximum Gasteiger partial charge on any atom is 0.445 e. The highest BCUT2D eigenvalue weighted by Crippen LogP contribution is 2.36. The monoisotopic (exact) mass is 230 g/mol. The van der Waals surface area contributed by atoms with Crippen molar-refractivity contribution >= 4 is 17.7 Å². The summed E-state index contributed by atoms with van der Waals surface area (Å²) in [5.74, 6) is -0.678. The third kappa shape index (κ3) is 8.22. The lowest BCUT2D eigenvalue weighted by atomic mass is 10.3. The minimum absolute atomic E-state index is 0.236. The molecule has 2 nitrogen and oxygen atoms in total. The molecule has 0 fully saturated rings. The molecule has 0 amide bonds. The van der Waals surface area contributed by atoms with Gasteiger partial charge in [0, 0.05) is 6.92 Å². The first-order chi connectivity index (χ1) is 6.35. The van der Waals surface area contributed by atoms with E-state index in [0.29, 0.717) is 6.42 Å². The largest absolute Gasteiger partial charge is 0.451 e. The molecule has 0 aliphatic carbocycles. The Morgan fingerprint density at radius 3 is 2.43 bits per heavy atom. The fourth-order valence-corrected chi connectivity index (χ4v) is 1.61. The first-order valence-corrected chi connectivity index (χ1v) is 5.15. The molecule has 0 aliphatic heterocycles. The molecule has 0 rings (SSSR count). The van der Waals surface area contributed by atoms with Gasteiger partial charge in [0.15, 0.2) is 5.44 Å². The van der Waals surface area contributed by atoms with Crippen molar-refractivity contribution in [2.24, 2.45) is 0 Å². The second-order valence-electron chi connectivity index (χ2n) is 2.74. The number of ether oxygens (including phenoxy) is 1. The molecule has 84 valence electrons. The Bertz CT molecular complexity index is 182. The predicted octanol–water partition coefficient (Wildman–Crippen LogP) is 3.32.